The van der Waals surface area contributed by atoms with E-state index in [0.717, 1.165) is 29.2 Å². The van der Waals surface area contributed by atoms with Crippen molar-refractivity contribution in [2.24, 2.45) is 0 Å². The molecule has 0 aliphatic carbocycles. The molecule has 1 aliphatic rings. The maximum absolute atomic E-state index is 12.2. The van der Waals surface area contributed by atoms with E-state index in [4.69, 9.17) is 0 Å². The Morgan fingerprint density at radius 3 is 2.50 bits per heavy atom. The van der Waals surface area contributed by atoms with Gasteiger partial charge in [0.25, 0.3) is 5.69 Å². The van der Waals surface area contributed by atoms with Gasteiger partial charge in [0.15, 0.2) is 0 Å². The van der Waals surface area contributed by atoms with E-state index in [0.29, 0.717) is 0 Å². The number of rotatable bonds is 6. The fourth-order valence-corrected chi connectivity index (χ4v) is 3.66. The zero-order valence-corrected chi connectivity index (χ0v) is 15.4. The quantitative estimate of drug-likeness (QED) is 0.467. The average molecular weight is 371 g/mol. The fourth-order valence-electron chi connectivity index (χ4n) is 2.96. The molecule has 0 saturated carbocycles. The highest BCUT2D eigenvalue weighted by atomic mass is 32.2. The number of nitro groups is 1. The van der Waals surface area contributed by atoms with Gasteiger partial charge in [0.2, 0.25) is 5.91 Å². The van der Waals surface area contributed by atoms with E-state index in [1.165, 1.54) is 42.4 Å². The Labute approximate surface area is 156 Å². The molecule has 136 valence electrons. The number of hydrogen-bond donors (Lipinski definition) is 1. The van der Waals surface area contributed by atoms with Crippen LogP contribution in [0.4, 0.5) is 17.1 Å². The number of anilines is 2. The smallest absolute Gasteiger partial charge is 0.269 e. The van der Waals surface area contributed by atoms with Crippen molar-refractivity contribution in [1.29, 1.82) is 0 Å². The third-order valence-electron chi connectivity index (χ3n) is 4.37. The van der Waals surface area contributed by atoms with Crippen LogP contribution in [-0.4, -0.2) is 29.7 Å². The van der Waals surface area contributed by atoms with Crippen LogP contribution in [0.5, 0.6) is 0 Å². The lowest BCUT2D eigenvalue weighted by molar-refractivity contribution is -0.384. The Kier molecular flexibility index (Phi) is 5.78. The van der Waals surface area contributed by atoms with Crippen LogP contribution in [0.15, 0.2) is 47.4 Å². The monoisotopic (exact) mass is 371 g/mol. The molecule has 1 heterocycles. The number of carbonyl (C=O) groups excluding carboxylic acids is 1. The SMILES string of the molecule is Cc1cc(N2CCCC2)ccc1NC(=O)CSc1ccc([N+](=O)[O-])cc1. The maximum atomic E-state index is 12.2. The van der Waals surface area contributed by atoms with Crippen molar-refractivity contribution in [3.05, 3.63) is 58.1 Å². The molecule has 0 unspecified atom stereocenters. The van der Waals surface area contributed by atoms with Crippen molar-refractivity contribution in [3.8, 4) is 0 Å². The summed E-state index contributed by atoms with van der Waals surface area (Å²) in [5, 5.41) is 13.6. The number of nitro benzene ring substituents is 1. The maximum Gasteiger partial charge on any atom is 0.269 e. The Morgan fingerprint density at radius 2 is 1.88 bits per heavy atom. The highest BCUT2D eigenvalue weighted by molar-refractivity contribution is 8.00. The molecule has 1 amide bonds. The fraction of sp³-hybridized carbons (Fsp3) is 0.316. The molecule has 0 aromatic heterocycles. The molecule has 1 saturated heterocycles. The van der Waals surface area contributed by atoms with Crippen molar-refractivity contribution in [2.75, 3.05) is 29.1 Å². The van der Waals surface area contributed by atoms with Gasteiger partial charge in [0.1, 0.15) is 0 Å². The first-order valence-electron chi connectivity index (χ1n) is 8.55. The van der Waals surface area contributed by atoms with E-state index in [1.54, 1.807) is 12.1 Å². The molecular formula is C19H21N3O3S. The van der Waals surface area contributed by atoms with Crippen molar-refractivity contribution in [3.63, 3.8) is 0 Å². The highest BCUT2D eigenvalue weighted by Gasteiger charge is 2.14. The molecule has 3 rings (SSSR count). The molecule has 0 bridgehead atoms. The molecule has 2 aromatic rings. The van der Waals surface area contributed by atoms with Gasteiger partial charge >= 0.3 is 0 Å². The number of amides is 1. The average Bonchev–Trinajstić information content (AvgIpc) is 3.17. The van der Waals surface area contributed by atoms with E-state index < -0.39 is 4.92 Å². The molecule has 0 spiro atoms. The van der Waals surface area contributed by atoms with Crippen LogP contribution in [0.2, 0.25) is 0 Å². The summed E-state index contributed by atoms with van der Waals surface area (Å²) in [5.41, 5.74) is 3.12. The molecule has 2 aromatic carbocycles. The first-order chi connectivity index (χ1) is 12.5. The summed E-state index contributed by atoms with van der Waals surface area (Å²) >= 11 is 1.35. The molecule has 1 fully saturated rings. The second-order valence-electron chi connectivity index (χ2n) is 6.28. The van der Waals surface area contributed by atoms with Gasteiger partial charge in [-0.05, 0) is 55.7 Å². The van der Waals surface area contributed by atoms with E-state index in [1.807, 2.05) is 13.0 Å². The van der Waals surface area contributed by atoms with E-state index in [9.17, 15) is 14.9 Å². The second kappa shape index (κ2) is 8.23. The van der Waals surface area contributed by atoms with Gasteiger partial charge in [0, 0.05) is 41.5 Å². The minimum absolute atomic E-state index is 0.0486. The Morgan fingerprint density at radius 1 is 1.19 bits per heavy atom. The third kappa shape index (κ3) is 4.54. The van der Waals surface area contributed by atoms with Crippen LogP contribution in [0.1, 0.15) is 18.4 Å². The molecule has 26 heavy (non-hydrogen) atoms. The van der Waals surface area contributed by atoms with E-state index >= 15 is 0 Å². The van der Waals surface area contributed by atoms with E-state index in [2.05, 4.69) is 22.3 Å². The molecule has 1 aliphatic heterocycles. The van der Waals surface area contributed by atoms with Crippen LogP contribution in [0.25, 0.3) is 0 Å². The summed E-state index contributed by atoms with van der Waals surface area (Å²) in [4.78, 5) is 25.6. The Bertz CT molecular complexity index is 802. The molecule has 1 N–H and O–H groups in total. The van der Waals surface area contributed by atoms with Crippen molar-refractivity contribution in [2.45, 2.75) is 24.7 Å². The van der Waals surface area contributed by atoms with Crippen molar-refractivity contribution in [1.82, 2.24) is 0 Å². The topological polar surface area (TPSA) is 75.5 Å². The number of non-ortho nitro benzene ring substituents is 1. The predicted molar refractivity (Wildman–Crippen MR) is 105 cm³/mol. The van der Waals surface area contributed by atoms with Gasteiger partial charge in [-0.25, -0.2) is 0 Å². The minimum Gasteiger partial charge on any atom is -0.372 e. The zero-order chi connectivity index (χ0) is 18.5. The van der Waals surface area contributed by atoms with Crippen molar-refractivity contribution >= 4 is 34.7 Å². The summed E-state index contributed by atoms with van der Waals surface area (Å²) in [5.74, 6) is 0.163. The highest BCUT2D eigenvalue weighted by Crippen LogP contribution is 2.26. The molecule has 0 radical (unpaired) electrons. The summed E-state index contributed by atoms with van der Waals surface area (Å²) in [6.07, 6.45) is 2.47. The molecule has 7 heteroatoms. The normalized spacial score (nSPS) is 13.7. The lowest BCUT2D eigenvalue weighted by atomic mass is 10.1. The number of nitrogens with one attached hydrogen (secondary N) is 1. The number of aryl methyl sites for hydroxylation is 1. The van der Waals surface area contributed by atoms with Crippen LogP contribution in [-0.2, 0) is 4.79 Å². The summed E-state index contributed by atoms with van der Waals surface area (Å²) in [6, 6.07) is 12.3. The molecule has 6 nitrogen and oxygen atoms in total. The van der Waals surface area contributed by atoms with Gasteiger partial charge in [-0.15, -0.1) is 11.8 Å². The number of thioether (sulfide) groups is 1. The van der Waals surface area contributed by atoms with Crippen LogP contribution in [0.3, 0.4) is 0 Å². The standard InChI is InChI=1S/C19H21N3O3S/c1-14-12-16(21-10-2-3-11-21)6-9-18(14)20-19(23)13-26-17-7-4-15(5-8-17)22(24)25/h4-9,12H,2-3,10-11,13H2,1H3,(H,20,23). The first kappa shape index (κ1) is 18.3. The third-order valence-corrected chi connectivity index (χ3v) is 5.38. The van der Waals surface area contributed by atoms with Gasteiger partial charge in [-0.1, -0.05) is 0 Å². The zero-order valence-electron chi connectivity index (χ0n) is 14.6. The second-order valence-corrected chi connectivity index (χ2v) is 7.33. The number of nitrogens with zero attached hydrogens (tertiary/aromatic N) is 2. The number of hydrogen-bond acceptors (Lipinski definition) is 5. The Balaban J connectivity index is 1.55. The predicted octanol–water partition coefficient (Wildman–Crippen LogP) is 4.23. The summed E-state index contributed by atoms with van der Waals surface area (Å²) < 4.78 is 0. The molecule has 0 atom stereocenters. The Hall–Kier alpha value is -2.54. The van der Waals surface area contributed by atoms with Gasteiger partial charge in [-0.2, -0.15) is 0 Å². The van der Waals surface area contributed by atoms with Crippen LogP contribution < -0.4 is 10.2 Å². The largest absolute Gasteiger partial charge is 0.372 e. The van der Waals surface area contributed by atoms with Crippen molar-refractivity contribution < 1.29 is 9.72 Å². The minimum atomic E-state index is -0.435. The number of benzene rings is 2. The lowest BCUT2D eigenvalue weighted by Gasteiger charge is -2.19. The van der Waals surface area contributed by atoms with Gasteiger partial charge in [0.05, 0.1) is 10.7 Å². The van der Waals surface area contributed by atoms with E-state index in [-0.39, 0.29) is 17.3 Å². The van der Waals surface area contributed by atoms with Crippen LogP contribution >= 0.6 is 11.8 Å². The summed E-state index contributed by atoms with van der Waals surface area (Å²) in [6.45, 7) is 4.19. The molecular weight excluding hydrogens is 350 g/mol. The van der Waals surface area contributed by atoms with Gasteiger partial charge < -0.3 is 10.2 Å². The summed E-state index contributed by atoms with van der Waals surface area (Å²) in [7, 11) is 0. The first-order valence-corrected chi connectivity index (χ1v) is 9.54. The lowest BCUT2D eigenvalue weighted by Crippen LogP contribution is -2.18. The van der Waals surface area contributed by atoms with Crippen LogP contribution in [0, 0.1) is 17.0 Å². The van der Waals surface area contributed by atoms with Gasteiger partial charge in [-0.3, -0.25) is 14.9 Å². The number of carbonyl (C=O) groups is 1.